The number of rotatable bonds is 6. The zero-order chi connectivity index (χ0) is 12.7. The van der Waals surface area contributed by atoms with Gasteiger partial charge in [-0.05, 0) is 5.92 Å². The van der Waals surface area contributed by atoms with Crippen LogP contribution in [0.5, 0.6) is 0 Å². The van der Waals surface area contributed by atoms with Crippen LogP contribution in [-0.4, -0.2) is 49.5 Å². The van der Waals surface area contributed by atoms with Gasteiger partial charge in [0, 0.05) is 19.6 Å². The summed E-state index contributed by atoms with van der Waals surface area (Å²) < 4.78 is 5.33. The van der Waals surface area contributed by atoms with E-state index in [2.05, 4.69) is 10.6 Å². The molecule has 1 aliphatic rings. The first-order valence-electron chi connectivity index (χ1n) is 6.47. The third-order valence-electron chi connectivity index (χ3n) is 3.30. The Morgan fingerprint density at radius 1 is 1.50 bits per heavy atom. The highest BCUT2D eigenvalue weighted by atomic mass is 35.5. The number of carbonyl (C=O) groups excluding carboxylic acids is 1. The molecule has 108 valence electrons. The second kappa shape index (κ2) is 9.55. The maximum absolute atomic E-state index is 11.7. The number of ether oxygens (including phenoxy) is 1. The van der Waals surface area contributed by atoms with Crippen LogP contribution in [0.3, 0.4) is 0 Å². The summed E-state index contributed by atoms with van der Waals surface area (Å²) in [7, 11) is 0. The molecule has 18 heavy (non-hydrogen) atoms. The van der Waals surface area contributed by atoms with Crippen LogP contribution >= 0.6 is 12.4 Å². The average molecular weight is 281 g/mol. The molecule has 1 aliphatic heterocycles. The minimum absolute atomic E-state index is 0. The van der Waals surface area contributed by atoms with Gasteiger partial charge in [0.1, 0.15) is 6.10 Å². The van der Waals surface area contributed by atoms with Crippen molar-refractivity contribution in [1.29, 1.82) is 0 Å². The molecular weight excluding hydrogens is 256 g/mol. The highest BCUT2D eigenvalue weighted by Gasteiger charge is 2.23. The molecule has 1 amide bonds. The summed E-state index contributed by atoms with van der Waals surface area (Å²) in [4.78, 5) is 11.7. The summed E-state index contributed by atoms with van der Waals surface area (Å²) in [5, 5.41) is 15.7. The second-order valence-electron chi connectivity index (χ2n) is 4.45. The van der Waals surface area contributed by atoms with E-state index >= 15 is 0 Å². The van der Waals surface area contributed by atoms with Crippen molar-refractivity contribution >= 4 is 18.3 Å². The van der Waals surface area contributed by atoms with Crippen LogP contribution in [0.15, 0.2) is 0 Å². The minimum atomic E-state index is -0.467. The maximum atomic E-state index is 11.7. The van der Waals surface area contributed by atoms with Crippen molar-refractivity contribution in [2.24, 2.45) is 5.92 Å². The van der Waals surface area contributed by atoms with E-state index in [1.807, 2.05) is 13.8 Å². The van der Waals surface area contributed by atoms with Crippen LogP contribution in [0.1, 0.15) is 26.7 Å². The second-order valence-corrected chi connectivity index (χ2v) is 4.45. The van der Waals surface area contributed by atoms with Crippen LogP contribution in [-0.2, 0) is 9.53 Å². The fourth-order valence-electron chi connectivity index (χ4n) is 2.05. The third kappa shape index (κ3) is 5.52. The Bertz CT molecular complexity index is 231. The molecule has 2 unspecified atom stereocenters. The molecule has 0 aromatic carbocycles. The van der Waals surface area contributed by atoms with E-state index < -0.39 is 12.2 Å². The lowest BCUT2D eigenvalue weighted by Gasteiger charge is -2.25. The zero-order valence-corrected chi connectivity index (χ0v) is 12.0. The predicted molar refractivity (Wildman–Crippen MR) is 72.9 cm³/mol. The molecule has 1 heterocycles. The van der Waals surface area contributed by atoms with Gasteiger partial charge < -0.3 is 20.5 Å². The fraction of sp³-hybridized carbons (Fsp3) is 0.917. The van der Waals surface area contributed by atoms with E-state index in [0.29, 0.717) is 19.7 Å². The maximum Gasteiger partial charge on any atom is 0.250 e. The van der Waals surface area contributed by atoms with Crippen LogP contribution in [0.2, 0.25) is 0 Å². The van der Waals surface area contributed by atoms with Crippen LogP contribution in [0.25, 0.3) is 0 Å². The Morgan fingerprint density at radius 3 is 2.67 bits per heavy atom. The molecule has 0 aromatic heterocycles. The van der Waals surface area contributed by atoms with Crippen LogP contribution in [0, 0.1) is 5.92 Å². The molecule has 1 fully saturated rings. The van der Waals surface area contributed by atoms with Crippen molar-refractivity contribution in [2.45, 2.75) is 38.9 Å². The Labute approximate surface area is 115 Å². The zero-order valence-electron chi connectivity index (χ0n) is 11.1. The van der Waals surface area contributed by atoms with E-state index in [1.54, 1.807) is 0 Å². The lowest BCUT2D eigenvalue weighted by atomic mass is 9.96. The lowest BCUT2D eigenvalue weighted by Crippen LogP contribution is -2.49. The molecule has 5 nitrogen and oxygen atoms in total. The van der Waals surface area contributed by atoms with Gasteiger partial charge in [0.15, 0.2) is 0 Å². The summed E-state index contributed by atoms with van der Waals surface area (Å²) in [5.41, 5.74) is 0. The number of hydrogen-bond donors (Lipinski definition) is 3. The van der Waals surface area contributed by atoms with Gasteiger partial charge in [-0.2, -0.15) is 0 Å². The molecule has 3 N–H and O–H groups in total. The monoisotopic (exact) mass is 280 g/mol. The molecule has 2 atom stereocenters. The van der Waals surface area contributed by atoms with Gasteiger partial charge in [-0.15, -0.1) is 12.4 Å². The van der Waals surface area contributed by atoms with E-state index in [0.717, 1.165) is 19.4 Å². The summed E-state index contributed by atoms with van der Waals surface area (Å²) in [6, 6.07) is 0. The Kier molecular flexibility index (Phi) is 9.36. The van der Waals surface area contributed by atoms with Gasteiger partial charge in [-0.3, -0.25) is 4.79 Å². The molecule has 1 saturated heterocycles. The molecular formula is C12H25ClN2O3. The predicted octanol–water partition coefficient (Wildman–Crippen LogP) is 0.310. The first kappa shape index (κ1) is 17.6. The molecule has 0 bridgehead atoms. The Balaban J connectivity index is 0.00000289. The van der Waals surface area contributed by atoms with E-state index in [9.17, 15) is 9.90 Å². The van der Waals surface area contributed by atoms with Crippen LogP contribution in [0.4, 0.5) is 0 Å². The normalized spacial score (nSPS) is 21.2. The standard InChI is InChI=1S/C12H24N2O3.ClH/c1-3-9(4-2)10(15)7-14-12(16)11-8-13-5-6-17-11;/h9-11,13,15H,3-8H2,1-2H3,(H,14,16);1H. The molecule has 1 rings (SSSR count). The van der Waals surface area contributed by atoms with Crippen molar-refractivity contribution in [3.05, 3.63) is 0 Å². The summed E-state index contributed by atoms with van der Waals surface area (Å²) in [5.74, 6) is 0.114. The largest absolute Gasteiger partial charge is 0.391 e. The van der Waals surface area contributed by atoms with Crippen molar-refractivity contribution < 1.29 is 14.6 Å². The van der Waals surface area contributed by atoms with Gasteiger partial charge in [-0.1, -0.05) is 26.7 Å². The summed E-state index contributed by atoms with van der Waals surface area (Å²) in [6.07, 6.45) is 0.965. The fourth-order valence-corrected chi connectivity index (χ4v) is 2.05. The molecule has 0 saturated carbocycles. The van der Waals surface area contributed by atoms with Gasteiger partial charge in [0.25, 0.3) is 5.91 Å². The Morgan fingerprint density at radius 2 is 2.17 bits per heavy atom. The summed E-state index contributed by atoms with van der Waals surface area (Å²) >= 11 is 0. The SMILES string of the molecule is CCC(CC)C(O)CNC(=O)C1CNCCO1.Cl. The average Bonchev–Trinajstić information content (AvgIpc) is 2.38. The van der Waals surface area contributed by atoms with E-state index in [1.165, 1.54) is 0 Å². The third-order valence-corrected chi connectivity index (χ3v) is 3.30. The number of aliphatic hydroxyl groups is 1. The van der Waals surface area contributed by atoms with Gasteiger partial charge >= 0.3 is 0 Å². The first-order chi connectivity index (χ1) is 8.19. The topological polar surface area (TPSA) is 70.6 Å². The molecule has 0 aliphatic carbocycles. The summed E-state index contributed by atoms with van der Waals surface area (Å²) in [6.45, 7) is 6.31. The smallest absolute Gasteiger partial charge is 0.250 e. The lowest BCUT2D eigenvalue weighted by molar-refractivity contribution is -0.134. The van der Waals surface area contributed by atoms with Crippen molar-refractivity contribution in [1.82, 2.24) is 10.6 Å². The highest BCUT2D eigenvalue weighted by molar-refractivity contribution is 5.85. The minimum Gasteiger partial charge on any atom is -0.391 e. The van der Waals surface area contributed by atoms with Gasteiger partial charge in [0.05, 0.1) is 12.7 Å². The number of halogens is 1. The van der Waals surface area contributed by atoms with Crippen molar-refractivity contribution in [3.63, 3.8) is 0 Å². The molecule has 0 radical (unpaired) electrons. The van der Waals surface area contributed by atoms with Gasteiger partial charge in [-0.25, -0.2) is 0 Å². The number of morpholine rings is 1. The quantitative estimate of drug-likeness (QED) is 0.655. The van der Waals surface area contributed by atoms with E-state index in [-0.39, 0.29) is 24.2 Å². The Hall–Kier alpha value is -0.360. The first-order valence-corrected chi connectivity index (χ1v) is 6.47. The molecule has 0 spiro atoms. The number of amides is 1. The number of nitrogens with one attached hydrogen (secondary N) is 2. The van der Waals surface area contributed by atoms with Crippen molar-refractivity contribution in [3.8, 4) is 0 Å². The molecule has 6 heteroatoms. The number of hydrogen-bond acceptors (Lipinski definition) is 4. The van der Waals surface area contributed by atoms with Crippen molar-refractivity contribution in [2.75, 3.05) is 26.2 Å². The van der Waals surface area contributed by atoms with E-state index in [4.69, 9.17) is 4.74 Å². The number of carbonyl (C=O) groups is 1. The highest BCUT2D eigenvalue weighted by Crippen LogP contribution is 2.12. The number of aliphatic hydroxyl groups excluding tert-OH is 1. The van der Waals surface area contributed by atoms with Crippen LogP contribution < -0.4 is 10.6 Å². The van der Waals surface area contributed by atoms with Gasteiger partial charge in [0.2, 0.25) is 0 Å². The molecule has 0 aromatic rings.